The fourth-order valence-corrected chi connectivity index (χ4v) is 0.949. The molecule has 0 heterocycles. The molecule has 1 aromatic carbocycles. The van der Waals surface area contributed by atoms with Crippen LogP contribution in [0.2, 0.25) is 0 Å². The number of nitro groups is 1. The first-order chi connectivity index (χ1) is 8.28. The summed E-state index contributed by atoms with van der Waals surface area (Å²) >= 11 is 0. The van der Waals surface area contributed by atoms with E-state index in [-0.39, 0.29) is 23.6 Å². The number of allylic oxidation sites excluding steroid dienone is 1. The van der Waals surface area contributed by atoms with Crippen LogP contribution in [0.1, 0.15) is 0 Å². The van der Waals surface area contributed by atoms with Crippen molar-refractivity contribution in [2.24, 2.45) is 0 Å². The van der Waals surface area contributed by atoms with Gasteiger partial charge in [0, 0.05) is 24.3 Å². The molecule has 0 unspecified atom stereocenters. The predicted octanol–water partition coefficient (Wildman–Crippen LogP) is 2.62. The van der Waals surface area contributed by atoms with E-state index in [2.05, 4.69) is 4.74 Å². The molecule has 18 heavy (non-hydrogen) atoms. The normalized spacial score (nSPS) is 11.5. The van der Waals surface area contributed by atoms with Crippen LogP contribution in [0.25, 0.3) is 0 Å². The smallest absolute Gasteiger partial charge is 0.410 e. The second-order valence-corrected chi connectivity index (χ2v) is 3.05. The number of alkyl halides is 3. The third-order valence-electron chi connectivity index (χ3n) is 1.67. The van der Waals surface area contributed by atoms with Crippen LogP contribution in [0.5, 0.6) is 5.75 Å². The van der Waals surface area contributed by atoms with Gasteiger partial charge in [-0.3, -0.25) is 10.1 Å². The van der Waals surface area contributed by atoms with Crippen molar-refractivity contribution in [1.82, 2.24) is 0 Å². The Bertz CT molecular complexity index is 479. The minimum atomic E-state index is -4.60. The third kappa shape index (κ3) is 4.64. The van der Waals surface area contributed by atoms with Crippen LogP contribution in [0.15, 0.2) is 36.4 Å². The van der Waals surface area contributed by atoms with E-state index in [0.29, 0.717) is 0 Å². The summed E-state index contributed by atoms with van der Waals surface area (Å²) in [7, 11) is 0. The van der Waals surface area contributed by atoms with Gasteiger partial charge in [-0.05, 0) is 12.1 Å². The van der Waals surface area contributed by atoms with E-state index in [0.717, 1.165) is 24.3 Å². The van der Waals surface area contributed by atoms with Crippen LogP contribution >= 0.6 is 0 Å². The van der Waals surface area contributed by atoms with Crippen LogP contribution in [-0.4, -0.2) is 17.1 Å². The molecule has 0 atom stereocenters. The Morgan fingerprint density at radius 3 is 2.28 bits per heavy atom. The Balaban J connectivity index is 2.65. The maximum atomic E-state index is 11.7. The number of carbonyl (C=O) groups excluding carboxylic acids is 1. The maximum Gasteiger partial charge on any atom is 0.410 e. The molecule has 0 saturated heterocycles. The number of ether oxygens (including phenoxy) is 1. The van der Waals surface area contributed by atoms with Crippen molar-refractivity contribution < 1.29 is 27.6 Å². The fourth-order valence-electron chi connectivity index (χ4n) is 0.949. The van der Waals surface area contributed by atoms with E-state index in [1.807, 2.05) is 0 Å². The topological polar surface area (TPSA) is 69.4 Å². The Kier molecular flexibility index (Phi) is 4.03. The zero-order chi connectivity index (χ0) is 13.8. The molecule has 1 aromatic rings. The van der Waals surface area contributed by atoms with Gasteiger partial charge >= 0.3 is 12.1 Å². The van der Waals surface area contributed by atoms with Gasteiger partial charge in [0.25, 0.3) is 5.69 Å². The standard InChI is InChI=1S/C10H6F3NO4/c11-10(12,13)6-5-9(15)18-8-3-1-7(2-4-8)14(16)17/h1-6H/b6-5+. The van der Waals surface area contributed by atoms with Gasteiger partial charge in [0.2, 0.25) is 0 Å². The molecule has 0 radical (unpaired) electrons. The number of halogens is 3. The molecule has 8 heteroatoms. The third-order valence-corrected chi connectivity index (χ3v) is 1.67. The average molecular weight is 261 g/mol. The SMILES string of the molecule is O=C(/C=C/C(F)(F)F)Oc1ccc([N+](=O)[O-])cc1. The van der Waals surface area contributed by atoms with Crippen LogP contribution < -0.4 is 4.74 Å². The number of rotatable bonds is 3. The van der Waals surface area contributed by atoms with Crippen LogP contribution in [0.3, 0.4) is 0 Å². The predicted molar refractivity (Wildman–Crippen MR) is 53.9 cm³/mol. The highest BCUT2D eigenvalue weighted by Gasteiger charge is 2.22. The van der Waals surface area contributed by atoms with Crippen molar-refractivity contribution in [2.75, 3.05) is 0 Å². The van der Waals surface area contributed by atoms with Crippen molar-refractivity contribution in [2.45, 2.75) is 6.18 Å². The quantitative estimate of drug-likeness (QED) is 0.276. The van der Waals surface area contributed by atoms with Crippen LogP contribution in [0, 0.1) is 10.1 Å². The summed E-state index contributed by atoms with van der Waals surface area (Å²) in [5, 5.41) is 10.3. The van der Waals surface area contributed by atoms with Gasteiger partial charge in [-0.25, -0.2) is 4.79 Å². The molecule has 0 saturated carbocycles. The summed E-state index contributed by atoms with van der Waals surface area (Å²) < 4.78 is 39.7. The number of carbonyl (C=O) groups is 1. The summed E-state index contributed by atoms with van der Waals surface area (Å²) in [6.45, 7) is 0. The minimum Gasteiger partial charge on any atom is -0.423 e. The van der Waals surface area contributed by atoms with Crippen molar-refractivity contribution in [3.8, 4) is 5.75 Å². The van der Waals surface area contributed by atoms with Gasteiger partial charge in [-0.15, -0.1) is 0 Å². The number of hydrogen-bond donors (Lipinski definition) is 0. The van der Waals surface area contributed by atoms with Gasteiger partial charge < -0.3 is 4.74 Å². The van der Waals surface area contributed by atoms with Gasteiger partial charge in [-0.2, -0.15) is 13.2 Å². The molecular weight excluding hydrogens is 255 g/mol. The molecule has 5 nitrogen and oxygen atoms in total. The lowest BCUT2D eigenvalue weighted by atomic mass is 10.3. The molecule has 0 aliphatic carbocycles. The second kappa shape index (κ2) is 5.30. The highest BCUT2D eigenvalue weighted by atomic mass is 19.4. The Morgan fingerprint density at radius 1 is 1.28 bits per heavy atom. The molecular formula is C10H6F3NO4. The van der Waals surface area contributed by atoms with Crippen LogP contribution in [-0.2, 0) is 4.79 Å². The zero-order valence-corrected chi connectivity index (χ0v) is 8.68. The molecule has 1 rings (SSSR count). The monoisotopic (exact) mass is 261 g/mol. The molecule has 0 aliphatic rings. The van der Waals surface area contributed by atoms with Crippen molar-refractivity contribution in [3.05, 3.63) is 46.5 Å². The molecule has 0 aliphatic heterocycles. The van der Waals surface area contributed by atoms with Crippen LogP contribution in [0.4, 0.5) is 18.9 Å². The zero-order valence-electron chi connectivity index (χ0n) is 8.68. The van der Waals surface area contributed by atoms with Crippen molar-refractivity contribution in [1.29, 1.82) is 0 Å². The number of non-ortho nitro benzene ring substituents is 1. The molecule has 0 aromatic heterocycles. The molecule has 0 N–H and O–H groups in total. The second-order valence-electron chi connectivity index (χ2n) is 3.05. The largest absolute Gasteiger partial charge is 0.423 e. The summed E-state index contributed by atoms with van der Waals surface area (Å²) in [5.74, 6) is -1.31. The van der Waals surface area contributed by atoms with E-state index < -0.39 is 17.1 Å². The number of hydrogen-bond acceptors (Lipinski definition) is 4. The number of esters is 1. The van der Waals surface area contributed by atoms with E-state index in [9.17, 15) is 28.1 Å². The lowest BCUT2D eigenvalue weighted by Crippen LogP contribution is -2.08. The molecule has 0 amide bonds. The van der Waals surface area contributed by atoms with Crippen molar-refractivity contribution in [3.63, 3.8) is 0 Å². The Hall–Kier alpha value is -2.38. The van der Waals surface area contributed by atoms with E-state index in [1.165, 1.54) is 0 Å². The number of nitro benzene ring substituents is 1. The number of benzene rings is 1. The maximum absolute atomic E-state index is 11.7. The lowest BCUT2D eigenvalue weighted by molar-refractivity contribution is -0.384. The highest BCUT2D eigenvalue weighted by molar-refractivity contribution is 5.84. The van der Waals surface area contributed by atoms with Gasteiger partial charge in [0.1, 0.15) is 5.75 Å². The van der Waals surface area contributed by atoms with E-state index in [1.54, 1.807) is 0 Å². The molecule has 0 fully saturated rings. The van der Waals surface area contributed by atoms with E-state index >= 15 is 0 Å². The first-order valence-electron chi connectivity index (χ1n) is 4.50. The summed E-state index contributed by atoms with van der Waals surface area (Å²) in [6, 6.07) is 4.35. The number of nitrogens with zero attached hydrogens (tertiary/aromatic N) is 1. The first kappa shape index (κ1) is 13.7. The summed E-state index contributed by atoms with van der Waals surface area (Å²) in [5.41, 5.74) is -0.222. The fraction of sp³-hybridized carbons (Fsp3) is 0.100. The first-order valence-corrected chi connectivity index (χ1v) is 4.50. The van der Waals surface area contributed by atoms with E-state index in [4.69, 9.17) is 0 Å². The summed E-state index contributed by atoms with van der Waals surface area (Å²) in [6.07, 6.45) is -4.64. The lowest BCUT2D eigenvalue weighted by Gasteiger charge is -2.01. The Morgan fingerprint density at radius 2 is 1.83 bits per heavy atom. The Labute approximate surface area is 98.6 Å². The highest BCUT2D eigenvalue weighted by Crippen LogP contribution is 2.18. The van der Waals surface area contributed by atoms with Gasteiger partial charge in [-0.1, -0.05) is 0 Å². The molecule has 96 valence electrons. The van der Waals surface area contributed by atoms with Gasteiger partial charge in [0.05, 0.1) is 4.92 Å². The average Bonchev–Trinajstić information content (AvgIpc) is 2.26. The molecule has 0 bridgehead atoms. The van der Waals surface area contributed by atoms with Gasteiger partial charge in [0.15, 0.2) is 0 Å². The molecule has 0 spiro atoms. The summed E-state index contributed by atoms with van der Waals surface area (Å²) in [4.78, 5) is 20.6. The van der Waals surface area contributed by atoms with Crippen molar-refractivity contribution >= 4 is 11.7 Å². The minimum absolute atomic E-state index is 0.0857.